The van der Waals surface area contributed by atoms with Gasteiger partial charge in [0.25, 0.3) is 0 Å². The summed E-state index contributed by atoms with van der Waals surface area (Å²) in [5, 5.41) is 3.41. The van der Waals surface area contributed by atoms with E-state index < -0.39 is 0 Å². The first kappa shape index (κ1) is 17.6. The van der Waals surface area contributed by atoms with Gasteiger partial charge in [0.2, 0.25) is 5.91 Å². The van der Waals surface area contributed by atoms with E-state index in [1.54, 1.807) is 11.8 Å². The molecule has 0 aliphatic heterocycles. The maximum absolute atomic E-state index is 12.2. The molecule has 122 valence electrons. The summed E-state index contributed by atoms with van der Waals surface area (Å²) in [5.74, 6) is 0.564. The predicted molar refractivity (Wildman–Crippen MR) is 99.8 cm³/mol. The van der Waals surface area contributed by atoms with Crippen LogP contribution in [0, 0.1) is 13.8 Å². The Balaban J connectivity index is 1.85. The van der Waals surface area contributed by atoms with E-state index in [2.05, 4.69) is 56.4 Å². The van der Waals surface area contributed by atoms with Crippen molar-refractivity contribution in [2.45, 2.75) is 39.0 Å². The van der Waals surface area contributed by atoms with E-state index in [-0.39, 0.29) is 11.9 Å². The van der Waals surface area contributed by atoms with Gasteiger partial charge in [0.1, 0.15) is 0 Å². The number of nitrogens with one attached hydrogen (secondary N) is 1. The molecule has 0 saturated carbocycles. The van der Waals surface area contributed by atoms with Gasteiger partial charge in [-0.2, -0.15) is 0 Å². The smallest absolute Gasteiger partial charge is 0.230 e. The molecule has 2 aromatic rings. The summed E-state index contributed by atoms with van der Waals surface area (Å²) in [6.07, 6.45) is 0. The van der Waals surface area contributed by atoms with Crippen molar-refractivity contribution in [3.05, 3.63) is 70.8 Å². The van der Waals surface area contributed by atoms with Crippen LogP contribution in [0.2, 0.25) is 0 Å². The molecule has 0 spiro atoms. The SMILES string of the molecule is Cc1ccc([C@@H](C)NC(=O)CS[C@@H](C)c2ccccc2)cc1C. The van der Waals surface area contributed by atoms with Crippen LogP contribution < -0.4 is 5.32 Å². The molecule has 2 aromatic carbocycles. The molecular formula is C20H25NOS. The second kappa shape index (κ2) is 8.21. The number of amides is 1. The molecule has 0 aromatic heterocycles. The Morgan fingerprint density at radius 3 is 2.35 bits per heavy atom. The molecule has 0 aliphatic rings. The maximum Gasteiger partial charge on any atom is 0.230 e. The zero-order chi connectivity index (χ0) is 16.8. The summed E-state index contributed by atoms with van der Waals surface area (Å²) < 4.78 is 0. The van der Waals surface area contributed by atoms with E-state index in [4.69, 9.17) is 0 Å². The summed E-state index contributed by atoms with van der Waals surface area (Å²) in [6.45, 7) is 8.38. The summed E-state index contributed by atoms with van der Waals surface area (Å²) in [5.41, 5.74) is 4.95. The number of hydrogen-bond donors (Lipinski definition) is 1. The van der Waals surface area contributed by atoms with Crippen molar-refractivity contribution in [3.63, 3.8) is 0 Å². The Morgan fingerprint density at radius 1 is 1.00 bits per heavy atom. The molecule has 1 N–H and O–H groups in total. The maximum atomic E-state index is 12.2. The van der Waals surface area contributed by atoms with Crippen molar-refractivity contribution in [1.29, 1.82) is 0 Å². The fourth-order valence-corrected chi connectivity index (χ4v) is 3.26. The average molecular weight is 327 g/mol. The van der Waals surface area contributed by atoms with E-state index in [0.29, 0.717) is 11.0 Å². The Kier molecular flexibility index (Phi) is 6.28. The van der Waals surface area contributed by atoms with E-state index in [1.165, 1.54) is 16.7 Å². The van der Waals surface area contributed by atoms with Crippen molar-refractivity contribution in [2.24, 2.45) is 0 Å². The summed E-state index contributed by atoms with van der Waals surface area (Å²) >= 11 is 1.67. The highest BCUT2D eigenvalue weighted by molar-refractivity contribution is 8.00. The predicted octanol–water partition coefficient (Wildman–Crippen LogP) is 4.98. The number of aryl methyl sites for hydroxylation is 2. The molecule has 2 nitrogen and oxygen atoms in total. The van der Waals surface area contributed by atoms with Crippen molar-refractivity contribution in [2.75, 3.05) is 5.75 Å². The lowest BCUT2D eigenvalue weighted by Crippen LogP contribution is -2.28. The fourth-order valence-electron chi connectivity index (χ4n) is 2.42. The number of rotatable bonds is 6. The van der Waals surface area contributed by atoms with Crippen LogP contribution in [0.3, 0.4) is 0 Å². The number of carbonyl (C=O) groups excluding carboxylic acids is 1. The third kappa shape index (κ3) is 5.14. The van der Waals surface area contributed by atoms with Crippen molar-refractivity contribution >= 4 is 17.7 Å². The molecule has 0 saturated heterocycles. The number of thioether (sulfide) groups is 1. The Hall–Kier alpha value is -1.74. The largest absolute Gasteiger partial charge is 0.349 e. The molecule has 0 bridgehead atoms. The molecule has 0 fully saturated rings. The molecule has 2 rings (SSSR count). The lowest BCUT2D eigenvalue weighted by Gasteiger charge is -2.17. The first-order valence-electron chi connectivity index (χ1n) is 8.00. The van der Waals surface area contributed by atoms with Gasteiger partial charge >= 0.3 is 0 Å². The van der Waals surface area contributed by atoms with Gasteiger partial charge in [-0.3, -0.25) is 4.79 Å². The number of hydrogen-bond acceptors (Lipinski definition) is 2. The van der Waals surface area contributed by atoms with Crippen LogP contribution in [0.15, 0.2) is 48.5 Å². The third-order valence-electron chi connectivity index (χ3n) is 4.14. The molecule has 3 heteroatoms. The van der Waals surface area contributed by atoms with E-state index in [0.717, 1.165) is 5.56 Å². The van der Waals surface area contributed by atoms with Crippen molar-refractivity contribution in [1.82, 2.24) is 5.32 Å². The quantitative estimate of drug-likeness (QED) is 0.811. The van der Waals surface area contributed by atoms with Gasteiger partial charge in [0.05, 0.1) is 11.8 Å². The first-order valence-corrected chi connectivity index (χ1v) is 9.05. The molecular weight excluding hydrogens is 302 g/mol. The van der Waals surface area contributed by atoms with Crippen LogP contribution in [0.1, 0.15) is 47.4 Å². The zero-order valence-electron chi connectivity index (χ0n) is 14.3. The third-order valence-corrected chi connectivity index (χ3v) is 5.34. The van der Waals surface area contributed by atoms with Gasteiger partial charge in [0.15, 0.2) is 0 Å². The number of carbonyl (C=O) groups is 1. The lowest BCUT2D eigenvalue weighted by molar-refractivity contribution is -0.119. The van der Waals surface area contributed by atoms with Crippen LogP contribution >= 0.6 is 11.8 Å². The second-order valence-corrected chi connectivity index (χ2v) is 7.33. The van der Waals surface area contributed by atoms with E-state index in [9.17, 15) is 4.79 Å². The first-order chi connectivity index (χ1) is 11.0. The van der Waals surface area contributed by atoms with Crippen molar-refractivity contribution in [3.8, 4) is 0 Å². The molecule has 1 amide bonds. The van der Waals surface area contributed by atoms with Crippen LogP contribution in [0.4, 0.5) is 0 Å². The molecule has 0 unspecified atom stereocenters. The molecule has 23 heavy (non-hydrogen) atoms. The minimum absolute atomic E-state index is 0.0365. The zero-order valence-corrected chi connectivity index (χ0v) is 15.1. The van der Waals surface area contributed by atoms with Crippen LogP contribution in [-0.4, -0.2) is 11.7 Å². The summed E-state index contributed by atoms with van der Waals surface area (Å²) in [4.78, 5) is 12.2. The Bertz CT molecular complexity index is 654. The minimum Gasteiger partial charge on any atom is -0.349 e. The highest BCUT2D eigenvalue weighted by Crippen LogP contribution is 2.27. The normalized spacial score (nSPS) is 13.4. The van der Waals surface area contributed by atoms with Crippen molar-refractivity contribution < 1.29 is 4.79 Å². The van der Waals surface area contributed by atoms with E-state index >= 15 is 0 Å². The van der Waals surface area contributed by atoms with Gasteiger partial charge in [-0.1, -0.05) is 48.5 Å². The van der Waals surface area contributed by atoms with E-state index in [1.807, 2.05) is 25.1 Å². The van der Waals surface area contributed by atoms with Crippen LogP contribution in [-0.2, 0) is 4.79 Å². The summed E-state index contributed by atoms with van der Waals surface area (Å²) in [6, 6.07) is 16.7. The number of benzene rings is 2. The molecule has 2 atom stereocenters. The minimum atomic E-state index is 0.0365. The standard InChI is InChI=1S/C20H25NOS/c1-14-10-11-19(12-15(14)2)16(3)21-20(22)13-23-17(4)18-8-6-5-7-9-18/h5-12,16-17H,13H2,1-4H3,(H,21,22)/t16-,17+/m1/s1. The van der Waals surface area contributed by atoms with Gasteiger partial charge in [0, 0.05) is 5.25 Å². The highest BCUT2D eigenvalue weighted by atomic mass is 32.2. The topological polar surface area (TPSA) is 29.1 Å². The molecule has 0 aliphatic carbocycles. The van der Waals surface area contributed by atoms with Crippen LogP contribution in [0.25, 0.3) is 0 Å². The fraction of sp³-hybridized carbons (Fsp3) is 0.350. The highest BCUT2D eigenvalue weighted by Gasteiger charge is 2.12. The summed E-state index contributed by atoms with van der Waals surface area (Å²) in [7, 11) is 0. The monoisotopic (exact) mass is 327 g/mol. The van der Waals surface area contributed by atoms with Gasteiger partial charge < -0.3 is 5.32 Å². The second-order valence-electron chi connectivity index (χ2n) is 6.00. The molecule has 0 radical (unpaired) electrons. The van der Waals surface area contributed by atoms with Crippen LogP contribution in [0.5, 0.6) is 0 Å². The van der Waals surface area contributed by atoms with Gasteiger partial charge in [-0.05, 0) is 49.9 Å². The molecule has 0 heterocycles. The Labute approximate surface area is 143 Å². The lowest BCUT2D eigenvalue weighted by atomic mass is 10.0. The van der Waals surface area contributed by atoms with Gasteiger partial charge in [-0.15, -0.1) is 11.8 Å². The average Bonchev–Trinajstić information content (AvgIpc) is 2.55. The Morgan fingerprint density at radius 2 is 1.70 bits per heavy atom. The van der Waals surface area contributed by atoms with Gasteiger partial charge in [-0.25, -0.2) is 0 Å².